The van der Waals surface area contributed by atoms with E-state index >= 15 is 0 Å². The van der Waals surface area contributed by atoms with Crippen molar-refractivity contribution in [3.8, 4) is 0 Å². The molecule has 1 atom stereocenters. The van der Waals surface area contributed by atoms with Crippen molar-refractivity contribution in [1.29, 1.82) is 0 Å². The van der Waals surface area contributed by atoms with Gasteiger partial charge in [-0.25, -0.2) is 18.7 Å². The molecule has 0 spiro atoms. The summed E-state index contributed by atoms with van der Waals surface area (Å²) in [6.07, 6.45) is 5.71. The Hall–Kier alpha value is -1.88. The molecule has 0 aliphatic heterocycles. The minimum absolute atomic E-state index is 0.0750. The van der Waals surface area contributed by atoms with E-state index < -0.39 is 11.3 Å². The number of hydrogen-bond donors (Lipinski definition) is 1. The Morgan fingerprint density at radius 2 is 1.78 bits per heavy atom. The van der Waals surface area contributed by atoms with Gasteiger partial charge in [0, 0.05) is 48.8 Å². The first-order valence-electron chi connectivity index (χ1n) is 7.96. The van der Waals surface area contributed by atoms with Crippen LogP contribution in [0.1, 0.15) is 43.4 Å². The monoisotopic (exact) mass is 317 g/mol. The molecule has 122 valence electrons. The van der Waals surface area contributed by atoms with Crippen LogP contribution in [-0.4, -0.2) is 22.4 Å². The Balaban J connectivity index is 1.75. The van der Waals surface area contributed by atoms with Crippen LogP contribution in [0.4, 0.5) is 8.78 Å². The average molecular weight is 317 g/mol. The molecule has 1 N–H and O–H groups in total. The third-order valence-corrected chi connectivity index (χ3v) is 4.66. The second-order valence-corrected chi connectivity index (χ2v) is 6.37. The smallest absolute Gasteiger partial charge is 0.250 e. The predicted octanol–water partition coefficient (Wildman–Crippen LogP) is 3.88. The van der Waals surface area contributed by atoms with Gasteiger partial charge in [-0.05, 0) is 12.0 Å². The van der Waals surface area contributed by atoms with E-state index in [2.05, 4.69) is 22.2 Å². The molecule has 1 heterocycles. The first kappa shape index (κ1) is 16.0. The molecular formula is C18H21F2N3. The lowest BCUT2D eigenvalue weighted by Crippen LogP contribution is -2.55. The Labute approximate surface area is 135 Å². The molecule has 1 fully saturated rings. The standard InChI is InChI=1S/C18H21F2N3/c1-2-16(14-8-21-13-22-9-14)23-12-17(10-18(19,20)11-17)15-6-4-3-5-7-15/h3-9,13,16,23H,2,10-12H2,1H3. The van der Waals surface area contributed by atoms with Crippen LogP contribution in [0, 0.1) is 0 Å². The second-order valence-electron chi connectivity index (χ2n) is 6.37. The van der Waals surface area contributed by atoms with E-state index in [1.165, 1.54) is 6.33 Å². The predicted molar refractivity (Wildman–Crippen MR) is 85.4 cm³/mol. The molecule has 3 rings (SSSR count). The van der Waals surface area contributed by atoms with Crippen LogP contribution in [0.25, 0.3) is 0 Å². The number of aromatic nitrogens is 2. The fourth-order valence-electron chi connectivity index (χ4n) is 3.47. The number of rotatable bonds is 6. The summed E-state index contributed by atoms with van der Waals surface area (Å²) in [7, 11) is 0. The quantitative estimate of drug-likeness (QED) is 0.878. The fourth-order valence-corrected chi connectivity index (χ4v) is 3.47. The van der Waals surface area contributed by atoms with Crippen LogP contribution in [-0.2, 0) is 5.41 Å². The Morgan fingerprint density at radius 1 is 1.13 bits per heavy atom. The highest BCUT2D eigenvalue weighted by molar-refractivity contribution is 5.31. The number of hydrogen-bond acceptors (Lipinski definition) is 3. The molecule has 1 saturated carbocycles. The van der Waals surface area contributed by atoms with Gasteiger partial charge >= 0.3 is 0 Å². The molecule has 0 bridgehead atoms. The van der Waals surface area contributed by atoms with Gasteiger partial charge in [0.2, 0.25) is 5.92 Å². The van der Waals surface area contributed by atoms with Crippen LogP contribution in [0.2, 0.25) is 0 Å². The van der Waals surface area contributed by atoms with Crippen molar-refractivity contribution in [1.82, 2.24) is 15.3 Å². The summed E-state index contributed by atoms with van der Waals surface area (Å²) < 4.78 is 27.2. The molecule has 2 aromatic rings. The van der Waals surface area contributed by atoms with Gasteiger partial charge in [0.15, 0.2) is 0 Å². The fraction of sp³-hybridized carbons (Fsp3) is 0.444. The number of alkyl halides is 2. The van der Waals surface area contributed by atoms with E-state index in [1.807, 2.05) is 30.3 Å². The summed E-state index contributed by atoms with van der Waals surface area (Å²) in [6, 6.07) is 9.71. The molecule has 23 heavy (non-hydrogen) atoms. The van der Waals surface area contributed by atoms with Crippen molar-refractivity contribution < 1.29 is 8.78 Å². The summed E-state index contributed by atoms with van der Waals surface area (Å²) in [5, 5.41) is 3.45. The van der Waals surface area contributed by atoms with E-state index in [0.29, 0.717) is 6.54 Å². The van der Waals surface area contributed by atoms with Crippen molar-refractivity contribution in [3.05, 3.63) is 60.2 Å². The number of benzene rings is 1. The molecule has 1 unspecified atom stereocenters. The van der Waals surface area contributed by atoms with Gasteiger partial charge in [-0.3, -0.25) is 0 Å². The largest absolute Gasteiger partial charge is 0.309 e. The van der Waals surface area contributed by atoms with Crippen molar-refractivity contribution in [2.24, 2.45) is 0 Å². The maximum absolute atomic E-state index is 13.6. The third kappa shape index (κ3) is 3.39. The molecule has 0 amide bonds. The van der Waals surface area contributed by atoms with Crippen molar-refractivity contribution in [2.45, 2.75) is 43.6 Å². The zero-order valence-corrected chi connectivity index (χ0v) is 13.2. The van der Waals surface area contributed by atoms with Crippen LogP contribution in [0.3, 0.4) is 0 Å². The van der Waals surface area contributed by atoms with Crippen LogP contribution >= 0.6 is 0 Å². The Kier molecular flexibility index (Phi) is 4.39. The molecule has 5 heteroatoms. The van der Waals surface area contributed by atoms with Crippen molar-refractivity contribution in [2.75, 3.05) is 6.54 Å². The van der Waals surface area contributed by atoms with Gasteiger partial charge in [-0.2, -0.15) is 0 Å². The van der Waals surface area contributed by atoms with E-state index in [4.69, 9.17) is 0 Å². The third-order valence-electron chi connectivity index (χ3n) is 4.66. The summed E-state index contributed by atoms with van der Waals surface area (Å²) in [5.74, 6) is -2.56. The maximum Gasteiger partial charge on any atom is 0.250 e. The van der Waals surface area contributed by atoms with Crippen LogP contribution < -0.4 is 5.32 Å². The Bertz CT molecular complexity index is 623. The van der Waals surface area contributed by atoms with Crippen molar-refractivity contribution >= 4 is 0 Å². The Morgan fingerprint density at radius 3 is 2.35 bits per heavy atom. The topological polar surface area (TPSA) is 37.8 Å². The lowest BCUT2D eigenvalue weighted by atomic mass is 9.62. The summed E-state index contributed by atoms with van der Waals surface area (Å²) >= 11 is 0. The van der Waals surface area contributed by atoms with E-state index in [1.54, 1.807) is 12.4 Å². The molecule has 3 nitrogen and oxygen atoms in total. The SMILES string of the molecule is CCC(NCC1(c2ccccc2)CC(F)(F)C1)c1cncnc1. The average Bonchev–Trinajstić information content (AvgIpc) is 2.55. The molecule has 0 saturated heterocycles. The van der Waals surface area contributed by atoms with Gasteiger partial charge < -0.3 is 5.32 Å². The summed E-state index contributed by atoms with van der Waals surface area (Å²) in [5.41, 5.74) is 1.48. The van der Waals surface area contributed by atoms with E-state index in [-0.39, 0.29) is 18.9 Å². The molecule has 1 aromatic heterocycles. The highest BCUT2D eigenvalue weighted by Crippen LogP contribution is 2.53. The summed E-state index contributed by atoms with van der Waals surface area (Å²) in [6.45, 7) is 2.59. The van der Waals surface area contributed by atoms with Crippen molar-refractivity contribution in [3.63, 3.8) is 0 Å². The maximum atomic E-state index is 13.6. The van der Waals surface area contributed by atoms with E-state index in [9.17, 15) is 8.78 Å². The van der Waals surface area contributed by atoms with Gasteiger partial charge in [0.05, 0.1) is 0 Å². The highest BCUT2D eigenvalue weighted by atomic mass is 19.3. The normalized spacial score (nSPS) is 19.8. The molecular weight excluding hydrogens is 296 g/mol. The number of halogens is 2. The van der Waals surface area contributed by atoms with Gasteiger partial charge in [0.1, 0.15) is 6.33 Å². The molecule has 1 aliphatic rings. The lowest BCUT2D eigenvalue weighted by Gasteiger charge is -2.48. The first-order valence-corrected chi connectivity index (χ1v) is 7.96. The number of nitrogens with one attached hydrogen (secondary N) is 1. The molecule has 0 radical (unpaired) electrons. The minimum Gasteiger partial charge on any atom is -0.309 e. The minimum atomic E-state index is -2.56. The molecule has 1 aromatic carbocycles. The van der Waals surface area contributed by atoms with Gasteiger partial charge in [-0.15, -0.1) is 0 Å². The molecule has 1 aliphatic carbocycles. The zero-order chi connectivity index (χ0) is 16.3. The van der Waals surface area contributed by atoms with Gasteiger partial charge in [0.25, 0.3) is 0 Å². The number of nitrogens with zero attached hydrogens (tertiary/aromatic N) is 2. The van der Waals surface area contributed by atoms with Crippen LogP contribution in [0.5, 0.6) is 0 Å². The summed E-state index contributed by atoms with van der Waals surface area (Å²) in [4.78, 5) is 8.08. The van der Waals surface area contributed by atoms with E-state index in [0.717, 1.165) is 17.5 Å². The first-order chi connectivity index (χ1) is 11.0. The zero-order valence-electron chi connectivity index (χ0n) is 13.2. The second kappa shape index (κ2) is 6.32. The lowest BCUT2D eigenvalue weighted by molar-refractivity contribution is -0.126. The van der Waals surface area contributed by atoms with Gasteiger partial charge in [-0.1, -0.05) is 37.3 Å². The highest BCUT2D eigenvalue weighted by Gasteiger charge is 2.57. The van der Waals surface area contributed by atoms with Crippen LogP contribution in [0.15, 0.2) is 49.1 Å².